The van der Waals surface area contributed by atoms with Crippen LogP contribution in [0.15, 0.2) is 42.5 Å². The maximum absolute atomic E-state index is 5.60. The molecule has 4 nitrogen and oxygen atoms in total. The van der Waals surface area contributed by atoms with Gasteiger partial charge in [-0.2, -0.15) is 0 Å². The standard InChI is InChI=1S/C18H21NO3/c1-20-16-5-3-2-4-15(16)8-9-19-13-14-6-7-17-18(12-14)22-11-10-21-17/h2-7,12,19H,8-11,13H2,1H3. The Bertz CT molecular complexity index is 627. The van der Waals surface area contributed by atoms with Crippen molar-refractivity contribution in [3.63, 3.8) is 0 Å². The number of fused-ring (bicyclic) bond motifs is 1. The molecule has 1 heterocycles. The van der Waals surface area contributed by atoms with Gasteiger partial charge < -0.3 is 19.5 Å². The molecule has 0 atom stereocenters. The molecule has 0 amide bonds. The highest BCUT2D eigenvalue weighted by Gasteiger charge is 2.11. The van der Waals surface area contributed by atoms with Crippen LogP contribution >= 0.6 is 0 Å². The number of para-hydroxylation sites is 1. The topological polar surface area (TPSA) is 39.7 Å². The van der Waals surface area contributed by atoms with Gasteiger partial charge in [0.15, 0.2) is 11.5 Å². The summed E-state index contributed by atoms with van der Waals surface area (Å²) in [6.07, 6.45) is 0.939. The molecule has 2 aromatic rings. The largest absolute Gasteiger partial charge is 0.496 e. The van der Waals surface area contributed by atoms with Crippen LogP contribution < -0.4 is 19.5 Å². The Kier molecular flexibility index (Phi) is 4.81. The van der Waals surface area contributed by atoms with Crippen LogP contribution in [0, 0.1) is 0 Å². The van der Waals surface area contributed by atoms with Crippen molar-refractivity contribution >= 4 is 0 Å². The second-order valence-corrected chi connectivity index (χ2v) is 5.22. The van der Waals surface area contributed by atoms with E-state index in [4.69, 9.17) is 14.2 Å². The maximum Gasteiger partial charge on any atom is 0.161 e. The average Bonchev–Trinajstić information content (AvgIpc) is 2.59. The summed E-state index contributed by atoms with van der Waals surface area (Å²) in [5.41, 5.74) is 2.42. The van der Waals surface area contributed by atoms with Gasteiger partial charge in [-0.25, -0.2) is 0 Å². The minimum atomic E-state index is 0.623. The first-order chi connectivity index (χ1) is 10.9. The zero-order chi connectivity index (χ0) is 15.2. The Morgan fingerprint density at radius 1 is 1.05 bits per heavy atom. The minimum Gasteiger partial charge on any atom is -0.496 e. The van der Waals surface area contributed by atoms with Crippen LogP contribution in [-0.2, 0) is 13.0 Å². The van der Waals surface area contributed by atoms with Crippen molar-refractivity contribution < 1.29 is 14.2 Å². The lowest BCUT2D eigenvalue weighted by atomic mass is 10.1. The lowest BCUT2D eigenvalue weighted by Gasteiger charge is -2.19. The number of hydrogen-bond donors (Lipinski definition) is 1. The van der Waals surface area contributed by atoms with Crippen LogP contribution in [0.1, 0.15) is 11.1 Å². The molecule has 0 fully saturated rings. The van der Waals surface area contributed by atoms with Crippen LogP contribution in [0.2, 0.25) is 0 Å². The van der Waals surface area contributed by atoms with Gasteiger partial charge in [0, 0.05) is 6.54 Å². The van der Waals surface area contributed by atoms with Gasteiger partial charge >= 0.3 is 0 Å². The van der Waals surface area contributed by atoms with E-state index in [1.807, 2.05) is 30.3 Å². The van der Waals surface area contributed by atoms with Crippen molar-refractivity contribution in [1.82, 2.24) is 5.32 Å². The SMILES string of the molecule is COc1ccccc1CCNCc1ccc2c(c1)OCCO2. The molecule has 0 radical (unpaired) electrons. The summed E-state index contributed by atoms with van der Waals surface area (Å²) in [4.78, 5) is 0. The Labute approximate surface area is 131 Å². The number of nitrogens with one attached hydrogen (secondary N) is 1. The highest BCUT2D eigenvalue weighted by atomic mass is 16.6. The van der Waals surface area contributed by atoms with E-state index in [2.05, 4.69) is 17.4 Å². The summed E-state index contributed by atoms with van der Waals surface area (Å²) >= 11 is 0. The third-order valence-electron chi connectivity index (χ3n) is 3.70. The Balaban J connectivity index is 1.51. The van der Waals surface area contributed by atoms with Gasteiger partial charge in [-0.3, -0.25) is 0 Å². The van der Waals surface area contributed by atoms with Gasteiger partial charge in [0.1, 0.15) is 19.0 Å². The fourth-order valence-corrected chi connectivity index (χ4v) is 2.56. The molecule has 1 aliphatic rings. The first-order valence-electron chi connectivity index (χ1n) is 7.58. The van der Waals surface area contributed by atoms with Gasteiger partial charge in [-0.1, -0.05) is 24.3 Å². The van der Waals surface area contributed by atoms with Crippen molar-refractivity contribution in [3.8, 4) is 17.2 Å². The van der Waals surface area contributed by atoms with Crippen molar-refractivity contribution in [2.75, 3.05) is 26.9 Å². The van der Waals surface area contributed by atoms with Gasteiger partial charge in [0.25, 0.3) is 0 Å². The van der Waals surface area contributed by atoms with Gasteiger partial charge in [-0.05, 0) is 42.3 Å². The number of benzene rings is 2. The van der Waals surface area contributed by atoms with Gasteiger partial charge in [0.05, 0.1) is 7.11 Å². The van der Waals surface area contributed by atoms with Crippen LogP contribution in [-0.4, -0.2) is 26.9 Å². The molecule has 4 heteroatoms. The smallest absolute Gasteiger partial charge is 0.161 e. The Morgan fingerprint density at radius 2 is 1.86 bits per heavy atom. The Hall–Kier alpha value is -2.20. The summed E-state index contributed by atoms with van der Waals surface area (Å²) < 4.78 is 16.5. The highest BCUT2D eigenvalue weighted by molar-refractivity contribution is 5.43. The predicted molar refractivity (Wildman–Crippen MR) is 85.8 cm³/mol. The quantitative estimate of drug-likeness (QED) is 0.833. The molecule has 0 aromatic heterocycles. The third kappa shape index (κ3) is 3.52. The number of ether oxygens (including phenoxy) is 3. The third-order valence-corrected chi connectivity index (χ3v) is 3.70. The van der Waals surface area contributed by atoms with Crippen molar-refractivity contribution in [2.24, 2.45) is 0 Å². The molecule has 0 aliphatic carbocycles. The maximum atomic E-state index is 5.60. The second-order valence-electron chi connectivity index (χ2n) is 5.22. The molecular formula is C18H21NO3. The first-order valence-corrected chi connectivity index (χ1v) is 7.58. The van der Waals surface area contributed by atoms with E-state index in [0.29, 0.717) is 13.2 Å². The molecule has 1 aliphatic heterocycles. The van der Waals surface area contributed by atoms with Crippen LogP contribution in [0.4, 0.5) is 0 Å². The molecule has 3 rings (SSSR count). The van der Waals surface area contributed by atoms with E-state index >= 15 is 0 Å². The summed E-state index contributed by atoms with van der Waals surface area (Å²) in [5, 5.41) is 3.46. The lowest BCUT2D eigenvalue weighted by Crippen LogP contribution is -2.18. The molecule has 0 saturated heterocycles. The van der Waals surface area contributed by atoms with Gasteiger partial charge in [-0.15, -0.1) is 0 Å². The number of methoxy groups -OCH3 is 1. The van der Waals surface area contributed by atoms with Crippen molar-refractivity contribution in [3.05, 3.63) is 53.6 Å². The zero-order valence-corrected chi connectivity index (χ0v) is 12.8. The highest BCUT2D eigenvalue weighted by Crippen LogP contribution is 2.30. The number of rotatable bonds is 6. The molecular weight excluding hydrogens is 278 g/mol. The lowest BCUT2D eigenvalue weighted by molar-refractivity contribution is 0.171. The fourth-order valence-electron chi connectivity index (χ4n) is 2.56. The van der Waals surface area contributed by atoms with E-state index in [1.165, 1.54) is 11.1 Å². The van der Waals surface area contributed by atoms with E-state index in [9.17, 15) is 0 Å². The monoisotopic (exact) mass is 299 g/mol. The van der Waals surface area contributed by atoms with Gasteiger partial charge in [0.2, 0.25) is 0 Å². The van der Waals surface area contributed by atoms with Crippen LogP contribution in [0.25, 0.3) is 0 Å². The summed E-state index contributed by atoms with van der Waals surface area (Å²) in [6, 6.07) is 14.2. The average molecular weight is 299 g/mol. The van der Waals surface area contributed by atoms with E-state index in [0.717, 1.165) is 36.8 Å². The van der Waals surface area contributed by atoms with Crippen molar-refractivity contribution in [1.29, 1.82) is 0 Å². The van der Waals surface area contributed by atoms with Crippen molar-refractivity contribution in [2.45, 2.75) is 13.0 Å². The first kappa shape index (κ1) is 14.7. The summed E-state index contributed by atoms with van der Waals surface area (Å²) in [7, 11) is 1.71. The predicted octanol–water partition coefficient (Wildman–Crippen LogP) is 2.80. The molecule has 0 spiro atoms. The molecule has 0 saturated carbocycles. The van der Waals surface area contributed by atoms with Crippen LogP contribution in [0.3, 0.4) is 0 Å². The minimum absolute atomic E-state index is 0.623. The molecule has 0 bridgehead atoms. The van der Waals surface area contributed by atoms with Crippen LogP contribution in [0.5, 0.6) is 17.2 Å². The fraction of sp³-hybridized carbons (Fsp3) is 0.333. The van der Waals surface area contributed by atoms with E-state index in [-0.39, 0.29) is 0 Å². The molecule has 22 heavy (non-hydrogen) atoms. The summed E-state index contributed by atoms with van der Waals surface area (Å²) in [5.74, 6) is 2.63. The zero-order valence-electron chi connectivity index (χ0n) is 12.8. The molecule has 1 N–H and O–H groups in total. The number of hydrogen-bond acceptors (Lipinski definition) is 4. The molecule has 0 unspecified atom stereocenters. The second kappa shape index (κ2) is 7.18. The summed E-state index contributed by atoms with van der Waals surface area (Å²) in [6.45, 7) is 2.96. The normalized spacial score (nSPS) is 13.0. The van der Waals surface area contributed by atoms with E-state index in [1.54, 1.807) is 7.11 Å². The van der Waals surface area contributed by atoms with E-state index < -0.39 is 0 Å². The molecule has 116 valence electrons. The molecule has 2 aromatic carbocycles. The Morgan fingerprint density at radius 3 is 2.73 bits per heavy atom.